The molecule has 0 aliphatic rings. The molecule has 8 aromatic carbocycles. The van der Waals surface area contributed by atoms with Crippen LogP contribution in [-0.2, 0) is 52.0 Å². The first-order chi connectivity index (χ1) is 43.0. The Bertz CT molecular complexity index is 3970. The first-order valence-electron chi connectivity index (χ1n) is 27.2. The van der Waals surface area contributed by atoms with Gasteiger partial charge in [0.05, 0.1) is 0 Å². The molecule has 440 valence electrons. The molecule has 0 spiro atoms. The van der Waals surface area contributed by atoms with Crippen molar-refractivity contribution in [1.29, 1.82) is 0 Å². The Balaban J connectivity index is 0.000000146. The Kier molecular flexibility index (Phi) is 25.1. The first kappa shape index (κ1) is 66.7. The summed E-state index contributed by atoms with van der Waals surface area (Å²) < 4.78 is 0. The third-order valence-corrected chi connectivity index (χ3v) is 12.9. The molecule has 90 heavy (non-hydrogen) atoms. The van der Waals surface area contributed by atoms with Gasteiger partial charge in [0.15, 0.2) is 0 Å². The molecule has 0 amide bonds. The number of nitrogens with zero attached hydrogens (tertiary/aromatic N) is 8. The van der Waals surface area contributed by atoms with Crippen LogP contribution in [0.25, 0.3) is 87.2 Å². The van der Waals surface area contributed by atoms with Crippen LogP contribution in [0.15, 0.2) is 292 Å². The van der Waals surface area contributed by atoms with E-state index in [2.05, 4.69) is 39.9 Å². The minimum atomic E-state index is 0. The van der Waals surface area contributed by atoms with Crippen molar-refractivity contribution in [3.05, 3.63) is 292 Å². The van der Waals surface area contributed by atoms with Gasteiger partial charge in [-0.1, -0.05) is 146 Å². The molecule has 0 bridgehead atoms. The Hall–Kier alpha value is -10.8. The molecule has 0 fully saturated rings. The van der Waals surface area contributed by atoms with Gasteiger partial charge in [-0.15, -0.1) is 0 Å². The fourth-order valence-corrected chi connectivity index (χ4v) is 8.70. The molecule has 0 aliphatic carbocycles. The average molecular weight is 1430 g/mol. The van der Waals surface area contributed by atoms with E-state index in [0.29, 0.717) is 44.1 Å². The van der Waals surface area contributed by atoms with Crippen molar-refractivity contribution in [2.45, 2.75) is 0 Å². The number of hydrogen-bond acceptors (Lipinski definition) is 16. The third kappa shape index (κ3) is 18.1. The van der Waals surface area contributed by atoms with Gasteiger partial charge < -0.3 is 40.9 Å². The van der Waals surface area contributed by atoms with Gasteiger partial charge >= 0.3 is 0 Å². The van der Waals surface area contributed by atoms with E-state index in [1.807, 2.05) is 146 Å². The largest absolute Gasteiger partial charge is 0.506 e. The van der Waals surface area contributed by atoms with Crippen LogP contribution < -0.4 is 0 Å². The van der Waals surface area contributed by atoms with Crippen molar-refractivity contribution in [3.8, 4) is 46.0 Å². The molecule has 0 aliphatic heterocycles. The maximum Gasteiger partial charge on any atom is 0.141 e. The molecule has 0 radical (unpaired) electrons. The van der Waals surface area contributed by atoms with Crippen LogP contribution in [0.3, 0.4) is 0 Å². The molecule has 0 atom stereocenters. The summed E-state index contributed by atoms with van der Waals surface area (Å²) in [4.78, 5) is 32.2. The number of fused-ring (bicyclic) bond motifs is 8. The predicted octanol–water partition coefficient (Wildman–Crippen LogP) is 15.5. The quantitative estimate of drug-likeness (QED) is 0.0656. The Labute approximate surface area is 554 Å². The van der Waals surface area contributed by atoms with E-state index >= 15 is 0 Å². The van der Waals surface area contributed by atoms with Crippen LogP contribution in [0.2, 0.25) is 0 Å². The molecular weight excluding hydrogens is 1370 g/mol. The maximum atomic E-state index is 9.31. The van der Waals surface area contributed by atoms with Crippen molar-refractivity contribution >= 4 is 87.2 Å². The smallest absolute Gasteiger partial charge is 0.141 e. The Morgan fingerprint density at radius 2 is 0.256 bits per heavy atom. The van der Waals surface area contributed by atoms with Gasteiger partial charge in [0.2, 0.25) is 0 Å². The van der Waals surface area contributed by atoms with E-state index in [1.54, 1.807) is 147 Å². The van der Waals surface area contributed by atoms with Crippen molar-refractivity contribution in [1.82, 2.24) is 39.9 Å². The summed E-state index contributed by atoms with van der Waals surface area (Å²) in [5.74, 6) is 1.91. The van der Waals surface area contributed by atoms with E-state index in [4.69, 9.17) is 0 Å². The van der Waals surface area contributed by atoms with Crippen LogP contribution in [0.1, 0.15) is 0 Å². The molecule has 0 saturated carbocycles. The van der Waals surface area contributed by atoms with Gasteiger partial charge in [-0.25, -0.2) is 0 Å². The molecule has 8 N–H and O–H groups in total. The molecule has 8 heterocycles. The SMILES string of the molecule is Oc1cccc2cccnc12.Oc1cccc2cccnc12.Oc1cccc2cccnc12.Oc1cccc2cccnc12.Oc1cccc2cccnc12.Oc1cccc2cccnc12.Oc1cccc2cccnc12.Oc1cccc2cccnc12.[Hf].[Zr]. The minimum absolute atomic E-state index is 0. The molecule has 16 rings (SSSR count). The second-order valence-corrected chi connectivity index (χ2v) is 18.8. The number of phenolic OH excluding ortho intramolecular Hbond substituents is 8. The number of pyridine rings is 8. The predicted molar refractivity (Wildman–Crippen MR) is 347 cm³/mol. The number of benzene rings is 8. The van der Waals surface area contributed by atoms with E-state index in [-0.39, 0.29) is 98.0 Å². The summed E-state index contributed by atoms with van der Waals surface area (Å²) in [6.07, 6.45) is 13.3. The van der Waals surface area contributed by atoms with Crippen LogP contribution in [0.4, 0.5) is 0 Å². The van der Waals surface area contributed by atoms with E-state index in [9.17, 15) is 40.9 Å². The third-order valence-electron chi connectivity index (χ3n) is 12.9. The number of rotatable bonds is 0. The van der Waals surface area contributed by atoms with Crippen molar-refractivity contribution in [2.24, 2.45) is 0 Å². The molecule has 0 saturated heterocycles. The van der Waals surface area contributed by atoms with Gasteiger partial charge in [0, 0.05) is 145 Å². The molecule has 8 aromatic heterocycles. The zero-order valence-electron chi connectivity index (χ0n) is 47.9. The maximum absolute atomic E-state index is 9.31. The Morgan fingerprint density at radius 3 is 0.356 bits per heavy atom. The Morgan fingerprint density at radius 1 is 0.156 bits per heavy atom. The second-order valence-electron chi connectivity index (χ2n) is 18.8. The van der Waals surface area contributed by atoms with Crippen LogP contribution >= 0.6 is 0 Å². The molecular formula is C72H56HfN8O8Zr. The topological polar surface area (TPSA) is 265 Å². The first-order valence-corrected chi connectivity index (χ1v) is 27.2. The summed E-state index contributed by atoms with van der Waals surface area (Å²) in [7, 11) is 0. The van der Waals surface area contributed by atoms with Crippen molar-refractivity contribution < 1.29 is 92.9 Å². The number of phenols is 8. The zero-order valence-corrected chi connectivity index (χ0v) is 53.9. The second kappa shape index (κ2) is 33.9. The zero-order chi connectivity index (χ0) is 61.5. The normalized spacial score (nSPS) is 9.96. The van der Waals surface area contributed by atoms with Gasteiger partial charge in [0.25, 0.3) is 0 Å². The van der Waals surface area contributed by atoms with Gasteiger partial charge in [-0.3, -0.25) is 39.9 Å². The number of para-hydroxylation sites is 8. The van der Waals surface area contributed by atoms with Crippen LogP contribution in [-0.4, -0.2) is 80.7 Å². The summed E-state index contributed by atoms with van der Waals surface area (Å²) >= 11 is 0. The van der Waals surface area contributed by atoms with E-state index in [1.165, 1.54) is 0 Å². The number of hydrogen-bond donors (Lipinski definition) is 8. The fourth-order valence-electron chi connectivity index (χ4n) is 8.70. The van der Waals surface area contributed by atoms with Crippen molar-refractivity contribution in [2.75, 3.05) is 0 Å². The average Bonchev–Trinajstić information content (AvgIpc) is 3.67. The van der Waals surface area contributed by atoms with E-state index in [0.717, 1.165) is 43.1 Å². The minimum Gasteiger partial charge on any atom is -0.506 e. The number of aromatic nitrogens is 8. The molecule has 0 unspecified atom stereocenters. The van der Waals surface area contributed by atoms with Gasteiger partial charge in [-0.05, 0) is 97.1 Å². The molecule has 16 aromatic rings. The van der Waals surface area contributed by atoms with Crippen molar-refractivity contribution in [3.63, 3.8) is 0 Å². The molecule has 16 nitrogen and oxygen atoms in total. The van der Waals surface area contributed by atoms with E-state index < -0.39 is 0 Å². The summed E-state index contributed by atoms with van der Waals surface area (Å²) in [6.45, 7) is 0. The van der Waals surface area contributed by atoms with Gasteiger partial charge in [0.1, 0.15) is 90.1 Å². The fraction of sp³-hybridized carbons (Fsp3) is 0. The standard InChI is InChI=1S/8C9H7NO.Hf.Zr/c8*11-8-5-1-3-7-4-2-6-10-9(7)8;;/h8*1-6,11H;;. The van der Waals surface area contributed by atoms with Crippen LogP contribution in [0, 0.1) is 0 Å². The summed E-state index contributed by atoms with van der Waals surface area (Å²) in [5.41, 5.74) is 5.30. The number of aromatic hydroxyl groups is 8. The summed E-state index contributed by atoms with van der Waals surface area (Å²) in [5, 5.41) is 82.2. The molecule has 18 heteroatoms. The van der Waals surface area contributed by atoms with Gasteiger partial charge in [-0.2, -0.15) is 0 Å². The summed E-state index contributed by atoms with van der Waals surface area (Å²) in [6, 6.07) is 73.0. The van der Waals surface area contributed by atoms with Crippen LogP contribution in [0.5, 0.6) is 46.0 Å². The monoisotopic (exact) mass is 1430 g/mol.